The molecule has 0 radical (unpaired) electrons. The Hall–Kier alpha value is -1.77. The van der Waals surface area contributed by atoms with Crippen molar-refractivity contribution in [1.82, 2.24) is 0 Å². The second kappa shape index (κ2) is 6.84. The van der Waals surface area contributed by atoms with Gasteiger partial charge in [0.15, 0.2) is 0 Å². The number of ether oxygens (including phenoxy) is 1. The van der Waals surface area contributed by atoms with Gasteiger partial charge in [0.2, 0.25) is 0 Å². The van der Waals surface area contributed by atoms with E-state index >= 15 is 0 Å². The fourth-order valence-electron chi connectivity index (χ4n) is 1.75. The normalized spacial score (nSPS) is 12.6. The molecule has 1 rings (SSSR count). The number of carboxylic acids is 1. The summed E-state index contributed by atoms with van der Waals surface area (Å²) in [6, 6.07) is 5.78. The molecular weight excluding hydrogens is 228 g/mol. The van der Waals surface area contributed by atoms with Gasteiger partial charge in [0, 0.05) is 11.6 Å². The van der Waals surface area contributed by atoms with Gasteiger partial charge < -0.3 is 9.84 Å². The molecule has 0 spiro atoms. The summed E-state index contributed by atoms with van der Waals surface area (Å²) in [5.74, 6) is -0.219. The molecule has 1 atom stereocenters. The molecule has 98 valence electrons. The molecule has 3 heteroatoms. The lowest BCUT2D eigenvalue weighted by Crippen LogP contribution is -2.11. The number of hydrogen-bond acceptors (Lipinski definition) is 2. The van der Waals surface area contributed by atoms with Crippen molar-refractivity contribution in [3.8, 4) is 5.75 Å². The van der Waals surface area contributed by atoms with E-state index in [1.807, 2.05) is 32.0 Å². The van der Waals surface area contributed by atoms with Crippen molar-refractivity contribution in [2.75, 3.05) is 0 Å². The number of rotatable bonds is 6. The van der Waals surface area contributed by atoms with Crippen LogP contribution in [-0.4, -0.2) is 17.2 Å². The van der Waals surface area contributed by atoms with Crippen molar-refractivity contribution in [3.05, 3.63) is 35.4 Å². The second-order valence-electron chi connectivity index (χ2n) is 4.43. The third-order valence-corrected chi connectivity index (χ3v) is 2.59. The summed E-state index contributed by atoms with van der Waals surface area (Å²) in [4.78, 5) is 10.6. The highest BCUT2D eigenvalue weighted by atomic mass is 16.5. The molecule has 0 aliphatic rings. The average Bonchev–Trinajstić information content (AvgIpc) is 2.29. The van der Waals surface area contributed by atoms with Crippen LogP contribution in [0.15, 0.2) is 24.3 Å². The summed E-state index contributed by atoms with van der Waals surface area (Å²) in [5.41, 5.74) is 1.89. The Labute approximate surface area is 108 Å². The number of carbonyl (C=O) groups is 1. The first-order chi connectivity index (χ1) is 8.52. The number of benzene rings is 1. The number of aliphatic carboxylic acids is 1. The van der Waals surface area contributed by atoms with Gasteiger partial charge in [0.05, 0.1) is 6.10 Å². The Bertz CT molecular complexity index is 435. The van der Waals surface area contributed by atoms with E-state index in [1.165, 1.54) is 0 Å². The molecule has 18 heavy (non-hydrogen) atoms. The van der Waals surface area contributed by atoms with Gasteiger partial charge in [0.25, 0.3) is 0 Å². The molecule has 0 aliphatic carbocycles. The minimum Gasteiger partial charge on any atom is -0.490 e. The predicted octanol–water partition coefficient (Wildman–Crippen LogP) is 3.66. The lowest BCUT2D eigenvalue weighted by Gasteiger charge is -2.16. The molecule has 0 saturated heterocycles. The third-order valence-electron chi connectivity index (χ3n) is 2.59. The highest BCUT2D eigenvalue weighted by molar-refractivity contribution is 5.85. The smallest absolute Gasteiger partial charge is 0.328 e. The van der Waals surface area contributed by atoms with Gasteiger partial charge >= 0.3 is 5.97 Å². The SMILES string of the molecule is CCCC(C)Oc1ccc(C)cc1/C=C/C(=O)O. The molecule has 0 heterocycles. The molecule has 0 fully saturated rings. The van der Waals surface area contributed by atoms with E-state index in [2.05, 4.69) is 6.92 Å². The zero-order valence-corrected chi connectivity index (χ0v) is 11.1. The van der Waals surface area contributed by atoms with Gasteiger partial charge in [-0.25, -0.2) is 4.79 Å². The Kier molecular flexibility index (Phi) is 5.43. The van der Waals surface area contributed by atoms with Crippen LogP contribution in [0.1, 0.15) is 37.8 Å². The maximum absolute atomic E-state index is 10.6. The maximum Gasteiger partial charge on any atom is 0.328 e. The van der Waals surface area contributed by atoms with Crippen LogP contribution in [0, 0.1) is 6.92 Å². The molecule has 1 N–H and O–H groups in total. The molecule has 1 aromatic rings. The van der Waals surface area contributed by atoms with Crippen LogP contribution in [0.3, 0.4) is 0 Å². The summed E-state index contributed by atoms with van der Waals surface area (Å²) >= 11 is 0. The van der Waals surface area contributed by atoms with Crippen molar-refractivity contribution in [2.45, 2.75) is 39.7 Å². The van der Waals surface area contributed by atoms with Crippen molar-refractivity contribution < 1.29 is 14.6 Å². The Morgan fingerprint density at radius 3 is 2.83 bits per heavy atom. The van der Waals surface area contributed by atoms with Crippen LogP contribution in [0.4, 0.5) is 0 Å². The van der Waals surface area contributed by atoms with Gasteiger partial charge in [-0.15, -0.1) is 0 Å². The molecule has 0 bridgehead atoms. The average molecular weight is 248 g/mol. The molecular formula is C15H20O3. The summed E-state index contributed by atoms with van der Waals surface area (Å²) in [6.45, 7) is 6.10. The van der Waals surface area contributed by atoms with Crippen LogP contribution < -0.4 is 4.74 Å². The minimum absolute atomic E-state index is 0.134. The summed E-state index contributed by atoms with van der Waals surface area (Å²) in [5, 5.41) is 8.67. The van der Waals surface area contributed by atoms with E-state index < -0.39 is 5.97 Å². The zero-order valence-electron chi connectivity index (χ0n) is 11.1. The molecule has 0 aromatic heterocycles. The topological polar surface area (TPSA) is 46.5 Å². The van der Waals surface area contributed by atoms with Crippen molar-refractivity contribution >= 4 is 12.0 Å². The van der Waals surface area contributed by atoms with Crippen molar-refractivity contribution in [1.29, 1.82) is 0 Å². The summed E-state index contributed by atoms with van der Waals surface area (Å²) < 4.78 is 5.83. The standard InChI is InChI=1S/C15H20O3/c1-4-5-12(3)18-14-8-6-11(2)10-13(14)7-9-15(16)17/h6-10,12H,4-5H2,1-3H3,(H,16,17)/b9-7+. The fraction of sp³-hybridized carbons (Fsp3) is 0.400. The van der Waals surface area contributed by atoms with E-state index in [0.717, 1.165) is 35.8 Å². The van der Waals surface area contributed by atoms with E-state index in [1.54, 1.807) is 6.08 Å². The lowest BCUT2D eigenvalue weighted by atomic mass is 10.1. The summed E-state index contributed by atoms with van der Waals surface area (Å²) in [6.07, 6.45) is 4.88. The van der Waals surface area contributed by atoms with Gasteiger partial charge in [-0.3, -0.25) is 0 Å². The molecule has 0 amide bonds. The van der Waals surface area contributed by atoms with Crippen molar-refractivity contribution in [2.24, 2.45) is 0 Å². The van der Waals surface area contributed by atoms with E-state index in [4.69, 9.17) is 9.84 Å². The highest BCUT2D eigenvalue weighted by Gasteiger charge is 2.06. The number of hydrogen-bond donors (Lipinski definition) is 1. The Morgan fingerprint density at radius 1 is 1.50 bits per heavy atom. The quantitative estimate of drug-likeness (QED) is 0.781. The fourth-order valence-corrected chi connectivity index (χ4v) is 1.75. The third kappa shape index (κ3) is 4.62. The minimum atomic E-state index is -0.955. The van der Waals surface area contributed by atoms with Crippen LogP contribution in [-0.2, 0) is 4.79 Å². The first-order valence-electron chi connectivity index (χ1n) is 6.21. The van der Waals surface area contributed by atoms with Crippen LogP contribution in [0.25, 0.3) is 6.08 Å². The molecule has 1 aromatic carbocycles. The Balaban J connectivity index is 2.92. The van der Waals surface area contributed by atoms with Crippen LogP contribution in [0.5, 0.6) is 5.75 Å². The largest absolute Gasteiger partial charge is 0.490 e. The molecule has 0 saturated carbocycles. The lowest BCUT2D eigenvalue weighted by molar-refractivity contribution is -0.131. The van der Waals surface area contributed by atoms with Crippen LogP contribution >= 0.6 is 0 Å². The molecule has 3 nitrogen and oxygen atoms in total. The maximum atomic E-state index is 10.6. The van der Waals surface area contributed by atoms with Gasteiger partial charge in [-0.05, 0) is 38.5 Å². The zero-order chi connectivity index (χ0) is 13.5. The predicted molar refractivity (Wildman–Crippen MR) is 72.8 cm³/mol. The monoisotopic (exact) mass is 248 g/mol. The summed E-state index contributed by atoms with van der Waals surface area (Å²) in [7, 11) is 0. The van der Waals surface area contributed by atoms with Gasteiger partial charge in [-0.1, -0.05) is 25.0 Å². The van der Waals surface area contributed by atoms with E-state index in [-0.39, 0.29) is 6.10 Å². The highest BCUT2D eigenvalue weighted by Crippen LogP contribution is 2.23. The van der Waals surface area contributed by atoms with E-state index in [0.29, 0.717) is 0 Å². The first-order valence-corrected chi connectivity index (χ1v) is 6.21. The van der Waals surface area contributed by atoms with Gasteiger partial charge in [0.1, 0.15) is 5.75 Å². The molecule has 0 aliphatic heterocycles. The first kappa shape index (κ1) is 14.3. The Morgan fingerprint density at radius 2 is 2.22 bits per heavy atom. The van der Waals surface area contributed by atoms with Crippen LogP contribution in [0.2, 0.25) is 0 Å². The second-order valence-corrected chi connectivity index (χ2v) is 4.43. The number of carboxylic acid groups (broad SMARTS) is 1. The van der Waals surface area contributed by atoms with E-state index in [9.17, 15) is 4.79 Å². The number of aryl methyl sites for hydroxylation is 1. The van der Waals surface area contributed by atoms with Gasteiger partial charge in [-0.2, -0.15) is 0 Å². The molecule has 1 unspecified atom stereocenters. The van der Waals surface area contributed by atoms with Crippen molar-refractivity contribution in [3.63, 3.8) is 0 Å².